The maximum Gasteiger partial charge on any atom is 0.320 e. The molecule has 5 aliphatic rings. The second-order valence-corrected chi connectivity index (χ2v) is 7.69. The summed E-state index contributed by atoms with van der Waals surface area (Å²) in [5.74, 6) is -0.916. The smallest absolute Gasteiger partial charge is 0.320 e. The Kier molecular flexibility index (Phi) is 2.17. The first-order valence-corrected chi connectivity index (χ1v) is 8.89. The number of hydrogen-bond acceptors (Lipinski definition) is 7. The Bertz CT molecular complexity index is 1050. The van der Waals surface area contributed by atoms with Gasteiger partial charge in [0.05, 0.1) is 5.39 Å². The van der Waals surface area contributed by atoms with Gasteiger partial charge in [-0.3, -0.25) is 4.79 Å². The van der Waals surface area contributed by atoms with E-state index in [-0.39, 0.29) is 0 Å². The lowest BCUT2D eigenvalue weighted by molar-refractivity contribution is -0.191. The van der Waals surface area contributed by atoms with Crippen LogP contribution >= 0.6 is 0 Å². The number of carbonyl (C=O) groups is 1. The standard InChI is InChI=1S/C20H14O7/c21-12-7-8-13(22)19-18(12,27-19)16(23)15-17(24-15)20(19)25-10-5-1-3-9-4-2-6-11(26-20)14(9)10/h1-8,12,15-17,21,23H/t12?,15-,16+,17-,18?,19?/m1/s1. The first kappa shape index (κ1) is 14.6. The first-order chi connectivity index (χ1) is 13.1. The number of benzene rings is 2. The van der Waals surface area contributed by atoms with E-state index in [9.17, 15) is 15.0 Å². The minimum Gasteiger partial charge on any atom is -0.446 e. The fraction of sp³-hybridized carbons (Fsp3) is 0.350. The van der Waals surface area contributed by atoms with E-state index >= 15 is 0 Å². The molecule has 0 amide bonds. The van der Waals surface area contributed by atoms with Gasteiger partial charge in [0, 0.05) is 0 Å². The summed E-state index contributed by atoms with van der Waals surface area (Å²) in [6.45, 7) is 0. The van der Waals surface area contributed by atoms with E-state index in [4.69, 9.17) is 18.9 Å². The van der Waals surface area contributed by atoms with E-state index in [1.165, 1.54) is 12.2 Å². The fourth-order valence-corrected chi connectivity index (χ4v) is 5.30. The van der Waals surface area contributed by atoms with Crippen LogP contribution in [0.15, 0.2) is 48.6 Å². The molecule has 27 heavy (non-hydrogen) atoms. The van der Waals surface area contributed by atoms with Crippen molar-refractivity contribution in [3.63, 3.8) is 0 Å². The highest BCUT2D eigenvalue weighted by Gasteiger charge is 2.99. The highest BCUT2D eigenvalue weighted by molar-refractivity contribution is 6.05. The Morgan fingerprint density at radius 3 is 2.41 bits per heavy atom. The zero-order valence-electron chi connectivity index (χ0n) is 13.9. The molecule has 6 atom stereocenters. The number of aliphatic hydroxyl groups is 2. The van der Waals surface area contributed by atoms with E-state index in [1.807, 2.05) is 24.3 Å². The fourth-order valence-electron chi connectivity index (χ4n) is 5.30. The molecule has 0 aromatic heterocycles. The van der Waals surface area contributed by atoms with E-state index in [0.29, 0.717) is 11.5 Å². The highest BCUT2D eigenvalue weighted by Crippen LogP contribution is 2.71. The number of fused-ring (bicyclic) bond motifs is 2. The van der Waals surface area contributed by atoms with Crippen LogP contribution in [0.5, 0.6) is 11.5 Å². The quantitative estimate of drug-likeness (QED) is 0.653. The molecule has 2 aromatic carbocycles. The van der Waals surface area contributed by atoms with Crippen LogP contribution < -0.4 is 9.47 Å². The molecule has 2 saturated heterocycles. The Hall–Kier alpha value is -2.45. The number of rotatable bonds is 0. The number of hydrogen-bond donors (Lipinski definition) is 2. The van der Waals surface area contributed by atoms with Crippen LogP contribution in [0.3, 0.4) is 0 Å². The topological polar surface area (TPSA) is 101 Å². The van der Waals surface area contributed by atoms with Gasteiger partial charge in [0.25, 0.3) is 0 Å². The van der Waals surface area contributed by atoms with Crippen LogP contribution in [0, 0.1) is 0 Å². The lowest BCUT2D eigenvalue weighted by atomic mass is 9.66. The van der Waals surface area contributed by atoms with Crippen molar-refractivity contribution in [1.29, 1.82) is 0 Å². The van der Waals surface area contributed by atoms with Gasteiger partial charge in [0.2, 0.25) is 5.60 Å². The zero-order valence-corrected chi connectivity index (χ0v) is 13.9. The summed E-state index contributed by atoms with van der Waals surface area (Å²) >= 11 is 0. The molecule has 0 radical (unpaired) electrons. The number of carbonyl (C=O) groups excluding carboxylic acids is 1. The summed E-state index contributed by atoms with van der Waals surface area (Å²) in [5.41, 5.74) is -3.20. The van der Waals surface area contributed by atoms with Crippen molar-refractivity contribution in [2.45, 2.75) is 41.4 Å². The van der Waals surface area contributed by atoms with E-state index in [0.717, 1.165) is 10.8 Å². The first-order valence-electron chi connectivity index (χ1n) is 8.89. The van der Waals surface area contributed by atoms with E-state index in [1.54, 1.807) is 12.1 Å². The molecule has 136 valence electrons. The van der Waals surface area contributed by atoms with Gasteiger partial charge >= 0.3 is 5.79 Å². The van der Waals surface area contributed by atoms with Crippen LogP contribution in [0.2, 0.25) is 0 Å². The van der Waals surface area contributed by atoms with Crippen LogP contribution in [-0.4, -0.2) is 57.4 Å². The lowest BCUT2D eigenvalue weighted by Gasteiger charge is -2.45. The average Bonchev–Trinajstić information content (AvgIpc) is 3.57. The Balaban J connectivity index is 1.50. The van der Waals surface area contributed by atoms with E-state index < -0.39 is 47.2 Å². The van der Waals surface area contributed by atoms with Crippen molar-refractivity contribution in [3.05, 3.63) is 48.6 Å². The van der Waals surface area contributed by atoms with Gasteiger partial charge in [-0.15, -0.1) is 0 Å². The van der Waals surface area contributed by atoms with Crippen molar-refractivity contribution in [3.8, 4) is 11.5 Å². The predicted octanol–water partition coefficient (Wildman–Crippen LogP) is 0.457. The van der Waals surface area contributed by atoms with Crippen molar-refractivity contribution < 1.29 is 34.0 Å². The van der Waals surface area contributed by atoms with Crippen LogP contribution in [0.4, 0.5) is 0 Å². The Morgan fingerprint density at radius 1 is 1.00 bits per heavy atom. The van der Waals surface area contributed by atoms with Gasteiger partial charge in [-0.2, -0.15) is 0 Å². The maximum absolute atomic E-state index is 13.0. The molecule has 3 unspecified atom stereocenters. The molecule has 0 bridgehead atoms. The average molecular weight is 366 g/mol. The second kappa shape index (κ2) is 4.02. The Labute approximate surface area is 152 Å². The largest absolute Gasteiger partial charge is 0.446 e. The van der Waals surface area contributed by atoms with Gasteiger partial charge in [-0.05, 0) is 29.7 Å². The molecular formula is C20H14O7. The molecule has 2 aliphatic carbocycles. The van der Waals surface area contributed by atoms with Crippen LogP contribution in [0.25, 0.3) is 10.8 Å². The lowest BCUT2D eigenvalue weighted by Crippen LogP contribution is -2.73. The summed E-state index contributed by atoms with van der Waals surface area (Å²) in [6.07, 6.45) is -1.05. The third kappa shape index (κ3) is 1.28. The van der Waals surface area contributed by atoms with Gasteiger partial charge in [0.1, 0.15) is 29.8 Å². The van der Waals surface area contributed by atoms with Crippen molar-refractivity contribution >= 4 is 16.6 Å². The van der Waals surface area contributed by atoms with Crippen LogP contribution in [0.1, 0.15) is 0 Å². The van der Waals surface area contributed by atoms with Crippen LogP contribution in [-0.2, 0) is 14.3 Å². The summed E-state index contributed by atoms with van der Waals surface area (Å²) < 4.78 is 24.2. The van der Waals surface area contributed by atoms with Crippen molar-refractivity contribution in [2.75, 3.05) is 0 Å². The van der Waals surface area contributed by atoms with Crippen molar-refractivity contribution in [1.82, 2.24) is 0 Å². The summed E-state index contributed by atoms with van der Waals surface area (Å²) in [7, 11) is 0. The molecule has 1 saturated carbocycles. The molecule has 7 rings (SSSR count). The summed E-state index contributed by atoms with van der Waals surface area (Å²) in [4.78, 5) is 13.0. The number of ketones is 1. The minimum atomic E-state index is -1.67. The molecule has 7 nitrogen and oxygen atoms in total. The molecule has 2 aromatic rings. The predicted molar refractivity (Wildman–Crippen MR) is 89.3 cm³/mol. The molecule has 1 spiro atoms. The minimum absolute atomic E-state index is 0.410. The SMILES string of the molecule is O=C1C=CC(O)C23OC12C1(Oc2cccc4cccc(c24)O1)[C@@H]1O[C@@H]1[C@@H]3O. The monoisotopic (exact) mass is 366 g/mol. The molecule has 3 heterocycles. The number of aliphatic hydroxyl groups excluding tert-OH is 2. The van der Waals surface area contributed by atoms with Gasteiger partial charge in [-0.1, -0.05) is 24.3 Å². The highest BCUT2D eigenvalue weighted by atomic mass is 16.8. The third-order valence-electron chi connectivity index (χ3n) is 6.54. The van der Waals surface area contributed by atoms with Gasteiger partial charge in [0.15, 0.2) is 17.5 Å². The molecular weight excluding hydrogens is 352 g/mol. The third-order valence-corrected chi connectivity index (χ3v) is 6.54. The van der Waals surface area contributed by atoms with Crippen molar-refractivity contribution in [2.24, 2.45) is 0 Å². The van der Waals surface area contributed by atoms with E-state index in [2.05, 4.69) is 0 Å². The normalized spacial score (nSPS) is 44.0. The summed E-state index contributed by atoms with van der Waals surface area (Å²) in [5, 5.41) is 23.1. The molecule has 3 fully saturated rings. The zero-order chi connectivity index (χ0) is 18.2. The summed E-state index contributed by atoms with van der Waals surface area (Å²) in [6, 6.07) is 11.2. The Morgan fingerprint density at radius 2 is 1.70 bits per heavy atom. The maximum atomic E-state index is 13.0. The molecule has 7 heteroatoms. The number of epoxide rings is 2. The second-order valence-electron chi connectivity index (χ2n) is 7.69. The number of ether oxygens (including phenoxy) is 4. The molecule has 3 aliphatic heterocycles. The molecule has 2 N–H and O–H groups in total. The van der Waals surface area contributed by atoms with Gasteiger partial charge in [-0.25, -0.2) is 0 Å². The van der Waals surface area contributed by atoms with Gasteiger partial charge < -0.3 is 29.2 Å².